The van der Waals surface area contributed by atoms with Crippen molar-refractivity contribution in [2.75, 3.05) is 26.9 Å². The van der Waals surface area contributed by atoms with Gasteiger partial charge in [0.2, 0.25) is 0 Å². The van der Waals surface area contributed by atoms with Crippen LogP contribution in [0.4, 0.5) is 0 Å². The van der Waals surface area contributed by atoms with Crippen LogP contribution in [0, 0.1) is 11.3 Å². The van der Waals surface area contributed by atoms with Crippen molar-refractivity contribution in [1.82, 2.24) is 5.32 Å². The molecule has 4 heteroatoms. The first-order chi connectivity index (χ1) is 9.36. The van der Waals surface area contributed by atoms with E-state index in [-0.39, 0.29) is 0 Å². The van der Waals surface area contributed by atoms with Gasteiger partial charge < -0.3 is 14.8 Å². The van der Waals surface area contributed by atoms with Crippen molar-refractivity contribution < 1.29 is 9.47 Å². The molecule has 0 radical (unpaired) electrons. The Morgan fingerprint density at radius 3 is 2.95 bits per heavy atom. The van der Waals surface area contributed by atoms with Gasteiger partial charge in [0.1, 0.15) is 12.4 Å². The second kappa shape index (κ2) is 10.4. The monoisotopic (exact) mass is 262 g/mol. The summed E-state index contributed by atoms with van der Waals surface area (Å²) in [7, 11) is 1.66. The zero-order valence-corrected chi connectivity index (χ0v) is 11.5. The molecule has 0 atom stereocenters. The lowest BCUT2D eigenvalue weighted by Crippen LogP contribution is -2.14. The third-order valence-corrected chi connectivity index (χ3v) is 2.68. The van der Waals surface area contributed by atoms with E-state index in [4.69, 9.17) is 14.7 Å². The normalized spacial score (nSPS) is 10.1. The third-order valence-electron chi connectivity index (χ3n) is 2.68. The average Bonchev–Trinajstić information content (AvgIpc) is 2.43. The first-order valence-corrected chi connectivity index (χ1v) is 6.65. The molecule has 0 amide bonds. The van der Waals surface area contributed by atoms with Gasteiger partial charge in [-0.1, -0.05) is 12.1 Å². The van der Waals surface area contributed by atoms with Crippen LogP contribution < -0.4 is 10.1 Å². The van der Waals surface area contributed by atoms with Crippen LogP contribution in [0.2, 0.25) is 0 Å². The van der Waals surface area contributed by atoms with Crippen LogP contribution >= 0.6 is 0 Å². The molecule has 1 aromatic rings. The third kappa shape index (κ3) is 7.45. The van der Waals surface area contributed by atoms with Crippen LogP contribution in [0.1, 0.15) is 24.8 Å². The molecule has 0 heterocycles. The maximum absolute atomic E-state index is 8.43. The Bertz CT molecular complexity index is 388. The van der Waals surface area contributed by atoms with Gasteiger partial charge in [0.05, 0.1) is 12.7 Å². The molecule has 0 aromatic heterocycles. The molecule has 19 heavy (non-hydrogen) atoms. The molecule has 1 aromatic carbocycles. The molecule has 0 bridgehead atoms. The number of unbranched alkanes of at least 4 members (excludes halogenated alkanes) is 2. The van der Waals surface area contributed by atoms with Crippen molar-refractivity contribution in [1.29, 1.82) is 5.26 Å². The number of rotatable bonds is 10. The highest BCUT2D eigenvalue weighted by Crippen LogP contribution is 2.13. The number of hydrogen-bond acceptors (Lipinski definition) is 4. The highest BCUT2D eigenvalue weighted by molar-refractivity contribution is 5.28. The lowest BCUT2D eigenvalue weighted by Gasteiger charge is -2.08. The topological polar surface area (TPSA) is 54.3 Å². The Morgan fingerprint density at radius 2 is 2.16 bits per heavy atom. The number of ether oxygens (including phenoxy) is 2. The Kier molecular flexibility index (Phi) is 8.45. The molecule has 0 saturated heterocycles. The highest BCUT2D eigenvalue weighted by atomic mass is 16.5. The van der Waals surface area contributed by atoms with Crippen molar-refractivity contribution in [3.8, 4) is 11.8 Å². The molecule has 0 aliphatic heterocycles. The van der Waals surface area contributed by atoms with Crippen LogP contribution in [0.15, 0.2) is 24.3 Å². The van der Waals surface area contributed by atoms with Gasteiger partial charge >= 0.3 is 0 Å². The molecule has 0 fully saturated rings. The average molecular weight is 262 g/mol. The first kappa shape index (κ1) is 15.5. The van der Waals surface area contributed by atoms with E-state index in [1.807, 2.05) is 18.2 Å². The Labute approximate surface area is 115 Å². The van der Waals surface area contributed by atoms with Gasteiger partial charge in [-0.05, 0) is 37.1 Å². The van der Waals surface area contributed by atoms with Gasteiger partial charge in [-0.3, -0.25) is 0 Å². The Morgan fingerprint density at radius 1 is 1.26 bits per heavy atom. The van der Waals surface area contributed by atoms with E-state index in [1.54, 1.807) is 7.11 Å². The SMILES string of the molecule is COCCOc1cccc(CNCCCCC#N)c1. The van der Waals surface area contributed by atoms with E-state index >= 15 is 0 Å². The molecular formula is C15H22N2O2. The molecule has 4 nitrogen and oxygen atoms in total. The van der Waals surface area contributed by atoms with Gasteiger partial charge in [0, 0.05) is 20.1 Å². The Hall–Kier alpha value is -1.57. The number of hydrogen-bond donors (Lipinski definition) is 1. The van der Waals surface area contributed by atoms with E-state index in [0.29, 0.717) is 19.6 Å². The maximum Gasteiger partial charge on any atom is 0.119 e. The molecular weight excluding hydrogens is 240 g/mol. The molecule has 0 aliphatic rings. The molecule has 104 valence electrons. The first-order valence-electron chi connectivity index (χ1n) is 6.65. The number of nitriles is 1. The number of nitrogens with zero attached hydrogens (tertiary/aromatic N) is 1. The predicted molar refractivity (Wildman–Crippen MR) is 75.0 cm³/mol. The minimum atomic E-state index is 0.571. The summed E-state index contributed by atoms with van der Waals surface area (Å²) in [4.78, 5) is 0. The second-order valence-electron chi connectivity index (χ2n) is 4.28. The molecule has 0 unspecified atom stereocenters. The minimum Gasteiger partial charge on any atom is -0.491 e. The van der Waals surface area contributed by atoms with Gasteiger partial charge in [-0.25, -0.2) is 0 Å². The summed E-state index contributed by atoms with van der Waals surface area (Å²) < 4.78 is 10.5. The number of benzene rings is 1. The molecule has 0 saturated carbocycles. The van der Waals surface area contributed by atoms with Crippen molar-refractivity contribution in [3.05, 3.63) is 29.8 Å². The van der Waals surface area contributed by atoms with Crippen molar-refractivity contribution >= 4 is 0 Å². The number of nitrogens with one attached hydrogen (secondary N) is 1. The van der Waals surface area contributed by atoms with Crippen molar-refractivity contribution in [2.45, 2.75) is 25.8 Å². The predicted octanol–water partition coefficient (Wildman–Crippen LogP) is 2.50. The molecule has 1 N–H and O–H groups in total. The second-order valence-corrected chi connectivity index (χ2v) is 4.28. The molecule has 0 spiro atoms. The van der Waals surface area contributed by atoms with Crippen LogP contribution in [-0.4, -0.2) is 26.9 Å². The summed E-state index contributed by atoms with van der Waals surface area (Å²) in [6.45, 7) is 2.94. The van der Waals surface area contributed by atoms with E-state index < -0.39 is 0 Å². The zero-order chi connectivity index (χ0) is 13.8. The van der Waals surface area contributed by atoms with E-state index in [2.05, 4.69) is 17.5 Å². The van der Waals surface area contributed by atoms with Crippen LogP contribution in [0.25, 0.3) is 0 Å². The lowest BCUT2D eigenvalue weighted by atomic mass is 10.2. The fourth-order valence-corrected chi connectivity index (χ4v) is 1.67. The maximum atomic E-state index is 8.43. The van der Waals surface area contributed by atoms with Crippen LogP contribution in [-0.2, 0) is 11.3 Å². The van der Waals surface area contributed by atoms with Gasteiger partial charge in [0.25, 0.3) is 0 Å². The number of methoxy groups -OCH3 is 1. The van der Waals surface area contributed by atoms with Crippen molar-refractivity contribution in [2.24, 2.45) is 0 Å². The van der Waals surface area contributed by atoms with Crippen LogP contribution in [0.3, 0.4) is 0 Å². The smallest absolute Gasteiger partial charge is 0.119 e. The fourth-order valence-electron chi connectivity index (χ4n) is 1.67. The van der Waals surface area contributed by atoms with E-state index in [1.165, 1.54) is 5.56 Å². The minimum absolute atomic E-state index is 0.571. The highest BCUT2D eigenvalue weighted by Gasteiger charge is 1.97. The summed E-state index contributed by atoms with van der Waals surface area (Å²) in [5.74, 6) is 0.876. The lowest BCUT2D eigenvalue weighted by molar-refractivity contribution is 0.146. The zero-order valence-electron chi connectivity index (χ0n) is 11.5. The van der Waals surface area contributed by atoms with Gasteiger partial charge in [-0.2, -0.15) is 5.26 Å². The molecule has 0 aliphatic carbocycles. The largest absolute Gasteiger partial charge is 0.491 e. The Balaban J connectivity index is 2.22. The summed E-state index contributed by atoms with van der Waals surface area (Å²) >= 11 is 0. The van der Waals surface area contributed by atoms with E-state index in [0.717, 1.165) is 31.7 Å². The van der Waals surface area contributed by atoms with Crippen molar-refractivity contribution in [3.63, 3.8) is 0 Å². The van der Waals surface area contributed by atoms with E-state index in [9.17, 15) is 0 Å². The molecule has 1 rings (SSSR count). The summed E-state index contributed by atoms with van der Waals surface area (Å²) in [6.07, 6.45) is 2.64. The quantitative estimate of drug-likeness (QED) is 0.658. The van der Waals surface area contributed by atoms with Crippen LogP contribution in [0.5, 0.6) is 5.75 Å². The van der Waals surface area contributed by atoms with Gasteiger partial charge in [0.15, 0.2) is 0 Å². The standard InChI is InChI=1S/C15H22N2O2/c1-18-10-11-19-15-7-5-6-14(12-15)13-17-9-4-2-3-8-16/h5-7,12,17H,2-4,9-11,13H2,1H3. The summed E-state index contributed by atoms with van der Waals surface area (Å²) in [6, 6.07) is 10.2. The summed E-state index contributed by atoms with van der Waals surface area (Å²) in [5, 5.41) is 11.8. The van der Waals surface area contributed by atoms with Gasteiger partial charge in [-0.15, -0.1) is 0 Å². The summed E-state index contributed by atoms with van der Waals surface area (Å²) in [5.41, 5.74) is 1.20. The fraction of sp³-hybridized carbons (Fsp3) is 0.533.